The van der Waals surface area contributed by atoms with Gasteiger partial charge >= 0.3 is 0 Å². The number of primary amides is 1. The number of hydrogen-bond donors (Lipinski definition) is 2. The quantitative estimate of drug-likeness (QED) is 0.602. The molecule has 3 heteroatoms. The molecule has 12 heavy (non-hydrogen) atoms. The van der Waals surface area contributed by atoms with Gasteiger partial charge in [0.25, 0.3) is 0 Å². The summed E-state index contributed by atoms with van der Waals surface area (Å²) in [5.74, 6) is -0.200. The summed E-state index contributed by atoms with van der Waals surface area (Å²) in [6.07, 6.45) is 3.65. The van der Waals surface area contributed by atoms with Crippen LogP contribution in [0.25, 0.3) is 0 Å². The van der Waals surface area contributed by atoms with Gasteiger partial charge in [0.1, 0.15) is 0 Å². The van der Waals surface area contributed by atoms with E-state index in [9.17, 15) is 4.79 Å². The van der Waals surface area contributed by atoms with Crippen LogP contribution in [0.15, 0.2) is 0 Å². The third kappa shape index (κ3) is 6.16. The molecular formula is C9H20N2O. The molecule has 0 rings (SSSR count). The molecular weight excluding hydrogens is 152 g/mol. The van der Waals surface area contributed by atoms with Crippen molar-refractivity contribution in [2.24, 2.45) is 5.73 Å². The van der Waals surface area contributed by atoms with E-state index in [-0.39, 0.29) is 5.91 Å². The Bertz CT molecular complexity index is 120. The van der Waals surface area contributed by atoms with Gasteiger partial charge in [0.05, 0.1) is 0 Å². The van der Waals surface area contributed by atoms with E-state index in [1.54, 1.807) is 0 Å². The molecule has 3 N–H and O–H groups in total. The second kappa shape index (κ2) is 7.10. The molecule has 0 aromatic rings. The van der Waals surface area contributed by atoms with Crippen molar-refractivity contribution in [1.29, 1.82) is 0 Å². The molecule has 0 aromatic heterocycles. The predicted molar refractivity (Wildman–Crippen MR) is 50.8 cm³/mol. The van der Waals surface area contributed by atoms with Crippen LogP contribution in [0, 0.1) is 0 Å². The second-order valence-electron chi connectivity index (χ2n) is 3.05. The second-order valence-corrected chi connectivity index (χ2v) is 3.05. The summed E-state index contributed by atoms with van der Waals surface area (Å²) in [5.41, 5.74) is 5.07. The Hall–Kier alpha value is -0.570. The zero-order valence-electron chi connectivity index (χ0n) is 8.10. The van der Waals surface area contributed by atoms with Crippen LogP contribution in [0.2, 0.25) is 0 Å². The fraction of sp³-hybridized carbons (Fsp3) is 0.889. The van der Waals surface area contributed by atoms with Crippen LogP contribution in [0.4, 0.5) is 0 Å². The number of carbonyl (C=O) groups excluding carboxylic acids is 1. The smallest absolute Gasteiger partial charge is 0.217 e. The van der Waals surface area contributed by atoms with E-state index >= 15 is 0 Å². The van der Waals surface area contributed by atoms with Gasteiger partial charge < -0.3 is 11.1 Å². The highest BCUT2D eigenvalue weighted by molar-refractivity contribution is 5.73. The molecule has 1 atom stereocenters. The topological polar surface area (TPSA) is 55.1 Å². The summed E-state index contributed by atoms with van der Waals surface area (Å²) < 4.78 is 0. The monoisotopic (exact) mass is 172 g/mol. The lowest BCUT2D eigenvalue weighted by molar-refractivity contribution is -0.118. The van der Waals surface area contributed by atoms with E-state index in [0.717, 1.165) is 25.8 Å². The molecule has 0 radical (unpaired) electrons. The van der Waals surface area contributed by atoms with Crippen molar-refractivity contribution in [2.75, 3.05) is 6.54 Å². The van der Waals surface area contributed by atoms with Gasteiger partial charge in [-0.3, -0.25) is 4.79 Å². The Morgan fingerprint density at radius 2 is 2.08 bits per heavy atom. The molecule has 0 aliphatic carbocycles. The van der Waals surface area contributed by atoms with E-state index in [1.165, 1.54) is 0 Å². The lowest BCUT2D eigenvalue weighted by Gasteiger charge is -2.15. The lowest BCUT2D eigenvalue weighted by Crippen LogP contribution is -2.30. The molecule has 0 saturated heterocycles. The minimum absolute atomic E-state index is 0.200. The first-order valence-corrected chi connectivity index (χ1v) is 4.72. The van der Waals surface area contributed by atoms with Crippen LogP contribution in [0.5, 0.6) is 0 Å². The van der Waals surface area contributed by atoms with E-state index < -0.39 is 0 Å². The van der Waals surface area contributed by atoms with Gasteiger partial charge in [0, 0.05) is 12.5 Å². The summed E-state index contributed by atoms with van der Waals surface area (Å²) >= 11 is 0. The fourth-order valence-electron chi connectivity index (χ4n) is 1.30. The van der Waals surface area contributed by atoms with Gasteiger partial charge in [0.15, 0.2) is 0 Å². The average Bonchev–Trinajstić information content (AvgIpc) is 2.01. The van der Waals surface area contributed by atoms with Crippen LogP contribution in [0.1, 0.15) is 39.5 Å². The highest BCUT2D eigenvalue weighted by Crippen LogP contribution is 2.03. The molecule has 0 spiro atoms. The number of amides is 1. The van der Waals surface area contributed by atoms with Crippen molar-refractivity contribution < 1.29 is 4.79 Å². The summed E-state index contributed by atoms with van der Waals surface area (Å²) in [5, 5.41) is 3.33. The van der Waals surface area contributed by atoms with Crippen molar-refractivity contribution in [3.8, 4) is 0 Å². The van der Waals surface area contributed by atoms with Gasteiger partial charge in [-0.1, -0.05) is 20.3 Å². The maximum atomic E-state index is 10.5. The molecule has 0 fully saturated rings. The van der Waals surface area contributed by atoms with Crippen molar-refractivity contribution in [3.05, 3.63) is 0 Å². The zero-order chi connectivity index (χ0) is 9.40. The van der Waals surface area contributed by atoms with Crippen LogP contribution in [0.3, 0.4) is 0 Å². The maximum absolute atomic E-state index is 10.5. The first-order chi connectivity index (χ1) is 5.70. The molecule has 3 nitrogen and oxygen atoms in total. The van der Waals surface area contributed by atoms with Gasteiger partial charge in [-0.15, -0.1) is 0 Å². The minimum atomic E-state index is -0.200. The van der Waals surface area contributed by atoms with E-state index in [0.29, 0.717) is 12.5 Å². The molecule has 0 heterocycles. The van der Waals surface area contributed by atoms with E-state index in [4.69, 9.17) is 5.73 Å². The first kappa shape index (κ1) is 11.4. The number of rotatable bonds is 7. The molecule has 0 aromatic carbocycles. The van der Waals surface area contributed by atoms with Gasteiger partial charge in [-0.05, 0) is 19.4 Å². The maximum Gasteiger partial charge on any atom is 0.217 e. The van der Waals surface area contributed by atoms with E-state index in [2.05, 4.69) is 19.2 Å². The Morgan fingerprint density at radius 1 is 1.42 bits per heavy atom. The van der Waals surface area contributed by atoms with Gasteiger partial charge in [-0.25, -0.2) is 0 Å². The third-order valence-electron chi connectivity index (χ3n) is 1.87. The predicted octanol–water partition coefficient (Wildman–Crippen LogP) is 1.03. The van der Waals surface area contributed by atoms with Crippen LogP contribution in [-0.2, 0) is 4.79 Å². The SMILES string of the molecule is CCC[C@@H](CCC(N)=O)NCC. The molecule has 0 aliphatic rings. The van der Waals surface area contributed by atoms with Crippen LogP contribution >= 0.6 is 0 Å². The van der Waals surface area contributed by atoms with Crippen molar-refractivity contribution >= 4 is 5.91 Å². The Kier molecular flexibility index (Phi) is 6.76. The summed E-state index contributed by atoms with van der Waals surface area (Å²) in [4.78, 5) is 10.5. The van der Waals surface area contributed by atoms with Crippen molar-refractivity contribution in [3.63, 3.8) is 0 Å². The average molecular weight is 172 g/mol. The van der Waals surface area contributed by atoms with Crippen molar-refractivity contribution in [1.82, 2.24) is 5.32 Å². The number of carbonyl (C=O) groups is 1. The lowest BCUT2D eigenvalue weighted by atomic mass is 10.1. The molecule has 0 aliphatic heterocycles. The standard InChI is InChI=1S/C9H20N2O/c1-3-5-8(11-4-2)6-7-9(10)12/h8,11H,3-7H2,1-2H3,(H2,10,12)/t8-/m0/s1. The molecule has 0 saturated carbocycles. The minimum Gasteiger partial charge on any atom is -0.370 e. The summed E-state index contributed by atoms with van der Waals surface area (Å²) in [7, 11) is 0. The fourth-order valence-corrected chi connectivity index (χ4v) is 1.30. The Balaban J connectivity index is 3.54. The number of hydrogen-bond acceptors (Lipinski definition) is 2. The summed E-state index contributed by atoms with van der Waals surface area (Å²) in [6, 6.07) is 0.465. The van der Waals surface area contributed by atoms with Crippen LogP contribution in [-0.4, -0.2) is 18.5 Å². The van der Waals surface area contributed by atoms with Gasteiger partial charge in [0.2, 0.25) is 5.91 Å². The van der Waals surface area contributed by atoms with Crippen LogP contribution < -0.4 is 11.1 Å². The van der Waals surface area contributed by atoms with Gasteiger partial charge in [-0.2, -0.15) is 0 Å². The third-order valence-corrected chi connectivity index (χ3v) is 1.87. The van der Waals surface area contributed by atoms with E-state index in [1.807, 2.05) is 0 Å². The van der Waals surface area contributed by atoms with Crippen molar-refractivity contribution in [2.45, 2.75) is 45.6 Å². The largest absolute Gasteiger partial charge is 0.370 e. The number of nitrogens with one attached hydrogen (secondary N) is 1. The highest BCUT2D eigenvalue weighted by Gasteiger charge is 2.06. The molecule has 1 amide bonds. The zero-order valence-corrected chi connectivity index (χ0v) is 8.10. The summed E-state index contributed by atoms with van der Waals surface area (Å²) in [6.45, 7) is 5.19. The Morgan fingerprint density at radius 3 is 2.50 bits per heavy atom. The normalized spacial score (nSPS) is 12.8. The first-order valence-electron chi connectivity index (χ1n) is 4.72. The molecule has 0 bridgehead atoms. The Labute approximate surface area is 74.7 Å². The highest BCUT2D eigenvalue weighted by atomic mass is 16.1. The molecule has 72 valence electrons. The molecule has 0 unspecified atom stereocenters. The number of nitrogens with two attached hydrogens (primary N) is 1.